The maximum absolute atomic E-state index is 12.7. The number of nitrogens with two attached hydrogens (primary N) is 1. The average Bonchev–Trinajstić information content (AvgIpc) is 2.37. The molecule has 1 aliphatic carbocycles. The van der Waals surface area contributed by atoms with E-state index < -0.39 is 17.7 Å². The Morgan fingerprint density at radius 3 is 2.67 bits per heavy atom. The van der Waals surface area contributed by atoms with Crippen LogP contribution in [-0.4, -0.2) is 12.1 Å². The van der Waals surface area contributed by atoms with E-state index in [0.29, 0.717) is 5.92 Å². The van der Waals surface area contributed by atoms with Crippen molar-refractivity contribution in [3.63, 3.8) is 0 Å². The molecule has 1 aliphatic rings. The molecular formula is C15H18F3NO2. The second-order valence-electron chi connectivity index (χ2n) is 5.60. The van der Waals surface area contributed by atoms with Crippen LogP contribution in [0.25, 0.3) is 0 Å². The van der Waals surface area contributed by atoms with Gasteiger partial charge in [0, 0.05) is 5.69 Å². The second-order valence-corrected chi connectivity index (χ2v) is 5.60. The largest absolute Gasteiger partial charge is 0.459 e. The van der Waals surface area contributed by atoms with E-state index >= 15 is 0 Å². The van der Waals surface area contributed by atoms with Gasteiger partial charge in [0.2, 0.25) is 0 Å². The van der Waals surface area contributed by atoms with E-state index in [1.807, 2.05) is 0 Å². The molecule has 3 nitrogen and oxygen atoms in total. The molecule has 1 aromatic carbocycles. The Kier molecular flexibility index (Phi) is 4.44. The van der Waals surface area contributed by atoms with Gasteiger partial charge in [-0.25, -0.2) is 4.79 Å². The van der Waals surface area contributed by atoms with Crippen LogP contribution in [0.2, 0.25) is 0 Å². The lowest BCUT2D eigenvalue weighted by Crippen LogP contribution is -2.25. The first kappa shape index (κ1) is 15.7. The lowest BCUT2D eigenvalue weighted by Gasteiger charge is -2.26. The normalized spacial score (nSPS) is 22.9. The fourth-order valence-corrected chi connectivity index (χ4v) is 2.61. The van der Waals surface area contributed by atoms with Crippen molar-refractivity contribution in [2.45, 2.75) is 44.9 Å². The number of rotatable bonds is 2. The van der Waals surface area contributed by atoms with Gasteiger partial charge in [-0.05, 0) is 43.4 Å². The number of hydrogen-bond donors (Lipinski definition) is 1. The van der Waals surface area contributed by atoms with Crippen molar-refractivity contribution < 1.29 is 22.7 Å². The number of carbonyl (C=O) groups is 1. The highest BCUT2D eigenvalue weighted by atomic mass is 19.4. The number of halogens is 3. The molecule has 0 aromatic heterocycles. The SMILES string of the molecule is CC1CCCC(OC(=O)c2cc(C(F)(F)F)ccc2N)C1. The summed E-state index contributed by atoms with van der Waals surface area (Å²) in [4.78, 5) is 12.1. The van der Waals surface area contributed by atoms with E-state index in [9.17, 15) is 18.0 Å². The zero-order valence-electron chi connectivity index (χ0n) is 11.7. The quantitative estimate of drug-likeness (QED) is 0.663. The van der Waals surface area contributed by atoms with Gasteiger partial charge in [-0.15, -0.1) is 0 Å². The molecule has 2 atom stereocenters. The fourth-order valence-electron chi connectivity index (χ4n) is 2.61. The summed E-state index contributed by atoms with van der Waals surface area (Å²) in [5.41, 5.74) is 4.47. The van der Waals surface area contributed by atoms with Gasteiger partial charge in [0.1, 0.15) is 6.10 Å². The first-order valence-electron chi connectivity index (χ1n) is 6.95. The minimum Gasteiger partial charge on any atom is -0.459 e. The number of carbonyl (C=O) groups excluding carboxylic acids is 1. The van der Waals surface area contributed by atoms with Crippen LogP contribution in [0.3, 0.4) is 0 Å². The Hall–Kier alpha value is -1.72. The molecule has 0 saturated heterocycles. The van der Waals surface area contributed by atoms with Gasteiger partial charge in [-0.2, -0.15) is 13.2 Å². The second kappa shape index (κ2) is 5.95. The van der Waals surface area contributed by atoms with E-state index in [0.717, 1.165) is 43.9 Å². The number of benzene rings is 1. The van der Waals surface area contributed by atoms with Crippen LogP contribution < -0.4 is 5.73 Å². The van der Waals surface area contributed by atoms with Crippen molar-refractivity contribution in [2.24, 2.45) is 5.92 Å². The van der Waals surface area contributed by atoms with Gasteiger partial charge >= 0.3 is 12.1 Å². The summed E-state index contributed by atoms with van der Waals surface area (Å²) < 4.78 is 43.3. The lowest BCUT2D eigenvalue weighted by molar-refractivity contribution is -0.137. The van der Waals surface area contributed by atoms with Gasteiger partial charge in [-0.3, -0.25) is 0 Å². The summed E-state index contributed by atoms with van der Waals surface area (Å²) >= 11 is 0. The molecule has 2 rings (SSSR count). The predicted molar refractivity (Wildman–Crippen MR) is 72.7 cm³/mol. The number of hydrogen-bond acceptors (Lipinski definition) is 3. The molecule has 0 radical (unpaired) electrons. The lowest BCUT2D eigenvalue weighted by atomic mass is 9.89. The van der Waals surface area contributed by atoms with Crippen molar-refractivity contribution in [2.75, 3.05) is 5.73 Å². The third-order valence-corrected chi connectivity index (χ3v) is 3.76. The molecule has 2 unspecified atom stereocenters. The highest BCUT2D eigenvalue weighted by Crippen LogP contribution is 2.32. The third kappa shape index (κ3) is 3.89. The van der Waals surface area contributed by atoms with Crippen molar-refractivity contribution in [3.8, 4) is 0 Å². The smallest absolute Gasteiger partial charge is 0.416 e. The minimum absolute atomic E-state index is 0.00291. The summed E-state index contributed by atoms with van der Waals surface area (Å²) in [5.74, 6) is -0.326. The van der Waals surface area contributed by atoms with Crippen LogP contribution in [0.15, 0.2) is 18.2 Å². The van der Waals surface area contributed by atoms with Crippen molar-refractivity contribution in [1.29, 1.82) is 0 Å². The molecular weight excluding hydrogens is 283 g/mol. The van der Waals surface area contributed by atoms with Gasteiger partial charge in [-0.1, -0.05) is 13.3 Å². The van der Waals surface area contributed by atoms with Crippen LogP contribution >= 0.6 is 0 Å². The van der Waals surface area contributed by atoms with Crippen LogP contribution in [0.5, 0.6) is 0 Å². The van der Waals surface area contributed by atoms with E-state index in [4.69, 9.17) is 10.5 Å². The topological polar surface area (TPSA) is 52.3 Å². The number of anilines is 1. The number of esters is 1. The third-order valence-electron chi connectivity index (χ3n) is 3.76. The minimum atomic E-state index is -4.51. The highest BCUT2D eigenvalue weighted by molar-refractivity contribution is 5.95. The Balaban J connectivity index is 2.15. The zero-order valence-corrected chi connectivity index (χ0v) is 11.7. The molecule has 0 heterocycles. The Morgan fingerprint density at radius 2 is 2.05 bits per heavy atom. The molecule has 0 amide bonds. The molecule has 21 heavy (non-hydrogen) atoms. The average molecular weight is 301 g/mol. The molecule has 1 fully saturated rings. The first-order chi connectivity index (χ1) is 9.77. The van der Waals surface area contributed by atoms with Crippen LogP contribution in [0.4, 0.5) is 18.9 Å². The zero-order chi connectivity index (χ0) is 15.6. The summed E-state index contributed by atoms with van der Waals surface area (Å²) in [6, 6.07) is 2.70. The van der Waals surface area contributed by atoms with Crippen molar-refractivity contribution >= 4 is 11.7 Å². The monoisotopic (exact) mass is 301 g/mol. The maximum atomic E-state index is 12.7. The van der Waals surface area contributed by atoms with E-state index in [1.54, 1.807) is 0 Å². The molecule has 6 heteroatoms. The Morgan fingerprint density at radius 1 is 1.33 bits per heavy atom. The predicted octanol–water partition coefficient (Wildman–Crippen LogP) is 4.02. The first-order valence-corrected chi connectivity index (χ1v) is 6.95. The molecule has 116 valence electrons. The van der Waals surface area contributed by atoms with Crippen LogP contribution in [0.1, 0.15) is 48.5 Å². The highest BCUT2D eigenvalue weighted by Gasteiger charge is 2.32. The number of nitrogen functional groups attached to an aromatic ring is 1. The summed E-state index contributed by atoms with van der Waals surface area (Å²) in [7, 11) is 0. The molecule has 0 spiro atoms. The number of ether oxygens (including phenoxy) is 1. The van der Waals surface area contributed by atoms with Gasteiger partial charge in [0.25, 0.3) is 0 Å². The van der Waals surface area contributed by atoms with Crippen LogP contribution in [0, 0.1) is 5.92 Å². The van der Waals surface area contributed by atoms with Gasteiger partial charge in [0.05, 0.1) is 11.1 Å². The van der Waals surface area contributed by atoms with Gasteiger partial charge < -0.3 is 10.5 Å². The molecule has 0 aliphatic heterocycles. The molecule has 2 N–H and O–H groups in total. The van der Waals surface area contributed by atoms with E-state index in [1.165, 1.54) is 0 Å². The van der Waals surface area contributed by atoms with Gasteiger partial charge in [0.15, 0.2) is 0 Å². The van der Waals surface area contributed by atoms with E-state index in [-0.39, 0.29) is 17.4 Å². The van der Waals surface area contributed by atoms with Crippen molar-refractivity contribution in [3.05, 3.63) is 29.3 Å². The number of alkyl halides is 3. The van der Waals surface area contributed by atoms with E-state index in [2.05, 4.69) is 6.92 Å². The molecule has 0 bridgehead atoms. The van der Waals surface area contributed by atoms with Crippen LogP contribution in [-0.2, 0) is 10.9 Å². The summed E-state index contributed by atoms with van der Waals surface area (Å²) in [6.45, 7) is 2.07. The summed E-state index contributed by atoms with van der Waals surface area (Å²) in [5, 5.41) is 0. The fraction of sp³-hybridized carbons (Fsp3) is 0.533. The summed E-state index contributed by atoms with van der Waals surface area (Å²) in [6.07, 6.45) is -1.23. The Labute approximate surface area is 121 Å². The maximum Gasteiger partial charge on any atom is 0.416 e. The molecule has 1 saturated carbocycles. The Bertz CT molecular complexity index is 528. The standard InChI is InChI=1S/C15H18F3NO2/c1-9-3-2-4-11(7-9)21-14(20)12-8-10(15(16,17)18)5-6-13(12)19/h5-6,8-9,11H,2-4,7,19H2,1H3. The molecule has 1 aromatic rings. The van der Waals surface area contributed by atoms with Crippen molar-refractivity contribution in [1.82, 2.24) is 0 Å².